The molecule has 1 aliphatic rings. The Bertz CT molecular complexity index is 378. The molecule has 2 unspecified atom stereocenters. The van der Waals surface area contributed by atoms with Gasteiger partial charge in [-0.2, -0.15) is 0 Å². The van der Waals surface area contributed by atoms with Gasteiger partial charge >= 0.3 is 0 Å². The monoisotopic (exact) mass is 237 g/mol. The minimum atomic E-state index is -0.178. The Morgan fingerprint density at radius 2 is 2.29 bits per heavy atom. The van der Waals surface area contributed by atoms with Crippen molar-refractivity contribution in [1.82, 2.24) is 5.32 Å². The van der Waals surface area contributed by atoms with Gasteiger partial charge in [0.05, 0.1) is 6.10 Å². The summed E-state index contributed by atoms with van der Waals surface area (Å²) in [4.78, 5) is 0. The largest absolute Gasteiger partial charge is 0.373 e. The van der Waals surface area contributed by atoms with Crippen LogP contribution in [-0.4, -0.2) is 20.2 Å². The lowest BCUT2D eigenvalue weighted by molar-refractivity contribution is -0.0277. The van der Waals surface area contributed by atoms with E-state index in [1.165, 1.54) is 6.07 Å². The molecule has 0 spiro atoms. The number of benzene rings is 1. The van der Waals surface area contributed by atoms with Gasteiger partial charge < -0.3 is 10.1 Å². The zero-order chi connectivity index (χ0) is 12.3. The number of hydrogen-bond acceptors (Lipinski definition) is 2. The Hall–Kier alpha value is -0.930. The lowest BCUT2D eigenvalue weighted by Gasteiger charge is -2.33. The van der Waals surface area contributed by atoms with E-state index in [0.29, 0.717) is 5.92 Å². The number of halogens is 1. The van der Waals surface area contributed by atoms with Crippen molar-refractivity contribution in [3.63, 3.8) is 0 Å². The lowest BCUT2D eigenvalue weighted by Crippen LogP contribution is -2.30. The van der Waals surface area contributed by atoms with Crippen molar-refractivity contribution in [2.24, 2.45) is 5.92 Å². The molecule has 1 aromatic rings. The van der Waals surface area contributed by atoms with E-state index in [0.717, 1.165) is 37.1 Å². The maximum Gasteiger partial charge on any atom is 0.123 e. The number of nitrogens with one attached hydrogen (secondary N) is 1. The Labute approximate surface area is 102 Å². The van der Waals surface area contributed by atoms with Crippen molar-refractivity contribution < 1.29 is 9.13 Å². The van der Waals surface area contributed by atoms with Gasteiger partial charge in [0.2, 0.25) is 0 Å². The maximum absolute atomic E-state index is 13.3. The highest BCUT2D eigenvalue weighted by atomic mass is 19.1. The van der Waals surface area contributed by atoms with Crippen molar-refractivity contribution in [3.05, 3.63) is 35.1 Å². The summed E-state index contributed by atoms with van der Waals surface area (Å²) in [7, 11) is 1.95. The quantitative estimate of drug-likeness (QED) is 0.872. The minimum Gasteiger partial charge on any atom is -0.373 e. The van der Waals surface area contributed by atoms with Crippen LogP contribution >= 0.6 is 0 Å². The van der Waals surface area contributed by atoms with Crippen LogP contribution in [0.5, 0.6) is 0 Å². The third-order valence-corrected chi connectivity index (χ3v) is 3.46. The van der Waals surface area contributed by atoms with E-state index in [1.807, 2.05) is 20.0 Å². The molecule has 0 amide bonds. The Morgan fingerprint density at radius 1 is 1.47 bits per heavy atom. The molecule has 1 fully saturated rings. The first-order chi connectivity index (χ1) is 8.22. The second-order valence-electron chi connectivity index (χ2n) is 4.75. The van der Waals surface area contributed by atoms with Gasteiger partial charge in [-0.15, -0.1) is 0 Å². The molecule has 0 aromatic heterocycles. The van der Waals surface area contributed by atoms with Gasteiger partial charge in [-0.3, -0.25) is 0 Å². The summed E-state index contributed by atoms with van der Waals surface area (Å²) in [6.45, 7) is 3.71. The highest BCUT2D eigenvalue weighted by molar-refractivity contribution is 5.29. The highest BCUT2D eigenvalue weighted by Gasteiger charge is 2.28. The number of hydrogen-bond donors (Lipinski definition) is 1. The molecule has 1 aliphatic heterocycles. The average molecular weight is 237 g/mol. The summed E-state index contributed by atoms with van der Waals surface area (Å²) in [5, 5.41) is 3.20. The topological polar surface area (TPSA) is 21.3 Å². The second kappa shape index (κ2) is 5.61. The van der Waals surface area contributed by atoms with Gasteiger partial charge in [0.15, 0.2) is 0 Å². The molecular formula is C14H20FNO. The summed E-state index contributed by atoms with van der Waals surface area (Å²) in [6, 6.07) is 4.96. The lowest BCUT2D eigenvalue weighted by atomic mass is 9.87. The van der Waals surface area contributed by atoms with Gasteiger partial charge in [0.25, 0.3) is 0 Å². The third-order valence-electron chi connectivity index (χ3n) is 3.46. The van der Waals surface area contributed by atoms with Gasteiger partial charge in [-0.1, -0.05) is 6.07 Å². The van der Waals surface area contributed by atoms with E-state index < -0.39 is 0 Å². The van der Waals surface area contributed by atoms with Crippen LogP contribution in [-0.2, 0) is 4.74 Å². The fraction of sp³-hybridized carbons (Fsp3) is 0.571. The van der Waals surface area contributed by atoms with Crippen LogP contribution in [0.25, 0.3) is 0 Å². The molecule has 1 saturated heterocycles. The van der Waals surface area contributed by atoms with Crippen molar-refractivity contribution >= 4 is 0 Å². The number of ether oxygens (including phenoxy) is 1. The zero-order valence-corrected chi connectivity index (χ0v) is 10.5. The number of rotatable bonds is 3. The van der Waals surface area contributed by atoms with Gasteiger partial charge in [0, 0.05) is 19.1 Å². The molecule has 2 nitrogen and oxygen atoms in total. The Kier molecular flexibility index (Phi) is 4.13. The molecule has 17 heavy (non-hydrogen) atoms. The molecule has 1 aromatic carbocycles. The third kappa shape index (κ3) is 2.85. The molecule has 0 bridgehead atoms. The van der Waals surface area contributed by atoms with Crippen LogP contribution in [0, 0.1) is 18.7 Å². The van der Waals surface area contributed by atoms with Crippen molar-refractivity contribution in [2.45, 2.75) is 25.9 Å². The molecule has 2 atom stereocenters. The first-order valence-corrected chi connectivity index (χ1v) is 6.24. The Morgan fingerprint density at radius 3 is 3.06 bits per heavy atom. The van der Waals surface area contributed by atoms with E-state index >= 15 is 0 Å². The van der Waals surface area contributed by atoms with E-state index in [-0.39, 0.29) is 11.9 Å². The standard InChI is InChI=1S/C14H20FNO/c1-10-5-6-12(15)8-13(10)14-11(9-16-2)4-3-7-17-14/h5-6,8,11,14,16H,3-4,7,9H2,1-2H3. The van der Waals surface area contributed by atoms with E-state index in [2.05, 4.69) is 5.32 Å². The van der Waals surface area contributed by atoms with Crippen LogP contribution in [0.3, 0.4) is 0 Å². The summed E-state index contributed by atoms with van der Waals surface area (Å²) >= 11 is 0. The first-order valence-electron chi connectivity index (χ1n) is 6.24. The van der Waals surface area contributed by atoms with Crippen LogP contribution in [0.15, 0.2) is 18.2 Å². The van der Waals surface area contributed by atoms with Gasteiger partial charge in [-0.05, 0) is 50.1 Å². The summed E-state index contributed by atoms with van der Waals surface area (Å²) in [5.41, 5.74) is 2.12. The normalized spacial score (nSPS) is 24.9. The summed E-state index contributed by atoms with van der Waals surface area (Å²) in [6.07, 6.45) is 2.27. The van der Waals surface area contributed by atoms with Crippen LogP contribution in [0.1, 0.15) is 30.1 Å². The van der Waals surface area contributed by atoms with Crippen molar-refractivity contribution in [2.75, 3.05) is 20.2 Å². The molecule has 2 rings (SSSR count). The SMILES string of the molecule is CNCC1CCCOC1c1cc(F)ccc1C. The number of aryl methyl sites for hydroxylation is 1. The average Bonchev–Trinajstić information content (AvgIpc) is 2.34. The van der Waals surface area contributed by atoms with E-state index in [1.54, 1.807) is 6.07 Å². The van der Waals surface area contributed by atoms with Crippen molar-refractivity contribution in [3.8, 4) is 0 Å². The van der Waals surface area contributed by atoms with Gasteiger partial charge in [-0.25, -0.2) is 4.39 Å². The van der Waals surface area contributed by atoms with Crippen molar-refractivity contribution in [1.29, 1.82) is 0 Å². The van der Waals surface area contributed by atoms with Gasteiger partial charge in [0.1, 0.15) is 5.82 Å². The second-order valence-corrected chi connectivity index (χ2v) is 4.75. The predicted molar refractivity (Wildman–Crippen MR) is 66.5 cm³/mol. The molecule has 3 heteroatoms. The molecule has 0 aliphatic carbocycles. The van der Waals surface area contributed by atoms with Crippen LogP contribution in [0.2, 0.25) is 0 Å². The van der Waals surface area contributed by atoms with Crippen LogP contribution in [0.4, 0.5) is 4.39 Å². The zero-order valence-electron chi connectivity index (χ0n) is 10.5. The molecule has 1 heterocycles. The first kappa shape index (κ1) is 12.5. The van der Waals surface area contributed by atoms with Crippen LogP contribution < -0.4 is 5.32 Å². The fourth-order valence-corrected chi connectivity index (χ4v) is 2.58. The summed E-state index contributed by atoms with van der Waals surface area (Å²) < 4.78 is 19.2. The van der Waals surface area contributed by atoms with E-state index in [9.17, 15) is 4.39 Å². The predicted octanol–water partition coefficient (Wildman–Crippen LogP) is 2.82. The molecular weight excluding hydrogens is 217 g/mol. The fourth-order valence-electron chi connectivity index (χ4n) is 2.58. The smallest absolute Gasteiger partial charge is 0.123 e. The molecule has 0 radical (unpaired) electrons. The minimum absolute atomic E-state index is 0.0342. The summed E-state index contributed by atoms with van der Waals surface area (Å²) in [5.74, 6) is 0.261. The highest BCUT2D eigenvalue weighted by Crippen LogP contribution is 2.35. The van der Waals surface area contributed by atoms with E-state index in [4.69, 9.17) is 4.74 Å². The molecule has 1 N–H and O–H groups in total. The maximum atomic E-state index is 13.3. The Balaban J connectivity index is 2.25. The molecule has 94 valence electrons. The molecule has 0 saturated carbocycles.